The molecule has 9 nitrogen and oxygen atoms in total. The Balaban J connectivity index is 0.000000515. The summed E-state index contributed by atoms with van der Waals surface area (Å²) >= 11 is 3.52. The van der Waals surface area contributed by atoms with Gasteiger partial charge in [0, 0.05) is 42.8 Å². The standard InChI is InChI=1S/C30H29BrN6O.C2HF3O2/c31-24-13-11-23(12-14-24)20-37-27-28(34-26(30(37)38)19-22-7-3-1-4-8-22)32-21-33-29(27)36-17-15-35(16-18-36)25-9-5-2-6-10-25;3-2(4,5)1(6)7/h1-14,21,26H,15-20H2,(H,32,33,34);(H,6,7). The lowest BCUT2D eigenvalue weighted by Gasteiger charge is -2.40. The molecule has 13 heteroatoms. The first kappa shape index (κ1) is 31.8. The quantitative estimate of drug-likeness (QED) is 0.265. The van der Waals surface area contributed by atoms with E-state index in [4.69, 9.17) is 14.9 Å². The number of aliphatic carboxylic acids is 1. The number of para-hydroxylation sites is 1. The van der Waals surface area contributed by atoms with Crippen molar-refractivity contribution < 1.29 is 27.9 Å². The van der Waals surface area contributed by atoms with Crippen molar-refractivity contribution in [1.82, 2.24) is 9.97 Å². The monoisotopic (exact) mass is 682 g/mol. The summed E-state index contributed by atoms with van der Waals surface area (Å²) in [7, 11) is 0. The highest BCUT2D eigenvalue weighted by molar-refractivity contribution is 9.10. The largest absolute Gasteiger partial charge is 0.490 e. The summed E-state index contributed by atoms with van der Waals surface area (Å²) in [6.07, 6.45) is -2.89. The van der Waals surface area contributed by atoms with E-state index >= 15 is 0 Å². The average molecular weight is 684 g/mol. The maximum absolute atomic E-state index is 14.0. The fourth-order valence-electron chi connectivity index (χ4n) is 5.21. The molecule has 45 heavy (non-hydrogen) atoms. The van der Waals surface area contributed by atoms with E-state index in [1.165, 1.54) is 5.69 Å². The fraction of sp³-hybridized carbons (Fsp3) is 0.250. The van der Waals surface area contributed by atoms with Crippen LogP contribution in [0.5, 0.6) is 0 Å². The minimum absolute atomic E-state index is 0.0308. The number of nitrogens with one attached hydrogen (secondary N) is 1. The molecule has 0 aliphatic carbocycles. The zero-order chi connectivity index (χ0) is 32.0. The number of halogens is 4. The smallest absolute Gasteiger partial charge is 0.475 e. The van der Waals surface area contributed by atoms with Gasteiger partial charge in [0.25, 0.3) is 0 Å². The van der Waals surface area contributed by atoms with Gasteiger partial charge in [0.15, 0.2) is 11.6 Å². The molecule has 0 bridgehead atoms. The van der Waals surface area contributed by atoms with Gasteiger partial charge < -0.3 is 20.2 Å². The molecule has 1 amide bonds. The van der Waals surface area contributed by atoms with Crippen LogP contribution < -0.4 is 20.0 Å². The predicted molar refractivity (Wildman–Crippen MR) is 169 cm³/mol. The van der Waals surface area contributed by atoms with Crippen LogP contribution in [0, 0.1) is 0 Å². The van der Waals surface area contributed by atoms with E-state index < -0.39 is 18.2 Å². The third-order valence-electron chi connectivity index (χ3n) is 7.43. The maximum atomic E-state index is 14.0. The van der Waals surface area contributed by atoms with E-state index in [1.807, 2.05) is 53.4 Å². The van der Waals surface area contributed by atoms with Gasteiger partial charge in [-0.1, -0.05) is 76.6 Å². The zero-order valence-electron chi connectivity index (χ0n) is 24.0. The molecule has 0 saturated carbocycles. The number of hydrogen-bond donors (Lipinski definition) is 2. The highest BCUT2D eigenvalue weighted by Gasteiger charge is 2.39. The highest BCUT2D eigenvalue weighted by Crippen LogP contribution is 2.39. The van der Waals surface area contributed by atoms with E-state index in [1.54, 1.807) is 6.33 Å². The molecule has 2 aliphatic heterocycles. The Hall–Kier alpha value is -4.65. The molecule has 4 aromatic rings. The van der Waals surface area contributed by atoms with E-state index in [9.17, 15) is 18.0 Å². The van der Waals surface area contributed by atoms with E-state index in [0.717, 1.165) is 53.3 Å². The first-order valence-electron chi connectivity index (χ1n) is 14.2. The molecule has 3 aromatic carbocycles. The SMILES string of the molecule is O=C(O)C(F)(F)F.O=C1C(Cc2ccccc2)Nc2ncnc(N3CCN(c4ccccc4)CC3)c2N1Cc1ccc(Br)cc1. The van der Waals surface area contributed by atoms with Crippen molar-refractivity contribution in [1.29, 1.82) is 0 Å². The minimum atomic E-state index is -5.08. The fourth-order valence-corrected chi connectivity index (χ4v) is 5.48. The molecule has 2 N–H and O–H groups in total. The van der Waals surface area contributed by atoms with Gasteiger partial charge in [-0.05, 0) is 35.4 Å². The van der Waals surface area contributed by atoms with Crippen LogP contribution in [0.25, 0.3) is 0 Å². The molecule has 1 fully saturated rings. The lowest BCUT2D eigenvalue weighted by atomic mass is 10.0. The number of anilines is 4. The Bertz CT molecular complexity index is 1600. The number of carbonyl (C=O) groups excluding carboxylic acids is 1. The number of alkyl halides is 3. The molecular formula is C32H30BrF3N6O3. The molecule has 1 atom stereocenters. The summed E-state index contributed by atoms with van der Waals surface area (Å²) in [6, 6.07) is 28.3. The average Bonchev–Trinajstić information content (AvgIpc) is 3.04. The second-order valence-corrected chi connectivity index (χ2v) is 11.4. The Labute approximate surface area is 266 Å². The molecule has 3 heterocycles. The van der Waals surface area contributed by atoms with Crippen molar-refractivity contribution in [3.05, 3.63) is 107 Å². The van der Waals surface area contributed by atoms with Crippen LogP contribution in [0.1, 0.15) is 11.1 Å². The second kappa shape index (κ2) is 14.0. The normalized spacial score (nSPS) is 16.3. The van der Waals surface area contributed by atoms with Crippen LogP contribution in [0.4, 0.5) is 36.2 Å². The van der Waals surface area contributed by atoms with Gasteiger partial charge in [-0.3, -0.25) is 9.69 Å². The van der Waals surface area contributed by atoms with Gasteiger partial charge >= 0.3 is 12.1 Å². The molecule has 1 saturated heterocycles. The van der Waals surface area contributed by atoms with E-state index in [-0.39, 0.29) is 5.91 Å². The van der Waals surface area contributed by atoms with E-state index in [0.29, 0.717) is 18.8 Å². The molecule has 6 rings (SSSR count). The summed E-state index contributed by atoms with van der Waals surface area (Å²) in [5.74, 6) is -1.22. The van der Waals surface area contributed by atoms with Crippen molar-refractivity contribution in [3.63, 3.8) is 0 Å². The number of fused-ring (bicyclic) bond motifs is 1. The number of amides is 1. The van der Waals surface area contributed by atoms with Gasteiger partial charge in [-0.25, -0.2) is 14.8 Å². The predicted octanol–water partition coefficient (Wildman–Crippen LogP) is 5.77. The molecule has 1 unspecified atom stereocenters. The Kier molecular flexibility index (Phi) is 9.87. The van der Waals surface area contributed by atoms with Crippen LogP contribution in [0.2, 0.25) is 0 Å². The summed E-state index contributed by atoms with van der Waals surface area (Å²) < 4.78 is 32.7. The molecule has 0 spiro atoms. The third-order valence-corrected chi connectivity index (χ3v) is 7.96. The molecule has 1 aromatic heterocycles. The summed E-state index contributed by atoms with van der Waals surface area (Å²) in [5, 5.41) is 10.6. The summed E-state index contributed by atoms with van der Waals surface area (Å²) in [4.78, 5) is 38.8. The van der Waals surface area contributed by atoms with Crippen molar-refractivity contribution in [2.45, 2.75) is 25.2 Å². The summed E-state index contributed by atoms with van der Waals surface area (Å²) in [5.41, 5.74) is 4.15. The summed E-state index contributed by atoms with van der Waals surface area (Å²) in [6.45, 7) is 3.84. The number of carbonyl (C=O) groups is 2. The van der Waals surface area contributed by atoms with Crippen LogP contribution in [-0.4, -0.2) is 65.3 Å². The number of aromatic nitrogens is 2. The Morgan fingerprint density at radius 3 is 2.04 bits per heavy atom. The van der Waals surface area contributed by atoms with Crippen LogP contribution in [-0.2, 0) is 22.6 Å². The lowest BCUT2D eigenvalue weighted by molar-refractivity contribution is -0.192. The first-order valence-corrected chi connectivity index (χ1v) is 15.0. The number of nitrogens with zero attached hydrogens (tertiary/aromatic N) is 5. The minimum Gasteiger partial charge on any atom is -0.475 e. The molecule has 2 aliphatic rings. The number of rotatable bonds is 6. The van der Waals surface area contributed by atoms with Crippen molar-refractivity contribution in [2.24, 2.45) is 0 Å². The number of benzene rings is 3. The first-order chi connectivity index (χ1) is 21.6. The van der Waals surface area contributed by atoms with Crippen molar-refractivity contribution in [2.75, 3.05) is 46.2 Å². The van der Waals surface area contributed by atoms with Gasteiger partial charge in [-0.2, -0.15) is 13.2 Å². The molecule has 0 radical (unpaired) electrons. The van der Waals surface area contributed by atoms with Crippen molar-refractivity contribution in [3.8, 4) is 0 Å². The number of carboxylic acid groups (broad SMARTS) is 1. The lowest BCUT2D eigenvalue weighted by Crippen LogP contribution is -2.51. The Morgan fingerprint density at radius 1 is 0.867 bits per heavy atom. The highest BCUT2D eigenvalue weighted by atomic mass is 79.9. The van der Waals surface area contributed by atoms with Gasteiger partial charge in [0.2, 0.25) is 5.91 Å². The van der Waals surface area contributed by atoms with Gasteiger partial charge in [-0.15, -0.1) is 0 Å². The second-order valence-electron chi connectivity index (χ2n) is 10.4. The van der Waals surface area contributed by atoms with Gasteiger partial charge in [0.1, 0.15) is 18.1 Å². The van der Waals surface area contributed by atoms with Crippen LogP contribution in [0.15, 0.2) is 95.7 Å². The third kappa shape index (κ3) is 7.90. The number of carboxylic acids is 1. The van der Waals surface area contributed by atoms with Gasteiger partial charge in [0.05, 0.1) is 6.54 Å². The van der Waals surface area contributed by atoms with Crippen LogP contribution >= 0.6 is 15.9 Å². The topological polar surface area (TPSA) is 102 Å². The number of piperazine rings is 1. The maximum Gasteiger partial charge on any atom is 0.490 e. The van der Waals surface area contributed by atoms with E-state index in [2.05, 4.69) is 72.4 Å². The molecule has 234 valence electrons. The zero-order valence-corrected chi connectivity index (χ0v) is 25.6. The molecular weight excluding hydrogens is 653 g/mol. The van der Waals surface area contributed by atoms with Crippen LogP contribution in [0.3, 0.4) is 0 Å². The van der Waals surface area contributed by atoms with Crippen molar-refractivity contribution >= 4 is 50.8 Å². The number of hydrogen-bond acceptors (Lipinski definition) is 7. The Morgan fingerprint density at radius 2 is 1.44 bits per heavy atom.